The van der Waals surface area contributed by atoms with Gasteiger partial charge < -0.3 is 10.4 Å². The maximum absolute atomic E-state index is 13.7. The molecule has 0 aliphatic rings. The van der Waals surface area contributed by atoms with Crippen LogP contribution in [0.3, 0.4) is 0 Å². The first-order valence-corrected chi connectivity index (χ1v) is 9.24. The monoisotopic (exact) mass is 370 g/mol. The second-order valence-electron chi connectivity index (χ2n) is 5.92. The summed E-state index contributed by atoms with van der Waals surface area (Å²) in [5, 5.41) is 14.5. The lowest BCUT2D eigenvalue weighted by Gasteiger charge is -2.04. The van der Waals surface area contributed by atoms with Crippen LogP contribution in [-0.2, 0) is 12.8 Å². The lowest BCUT2D eigenvalue weighted by Crippen LogP contribution is -2.25. The highest BCUT2D eigenvalue weighted by Gasteiger charge is 2.12. The zero-order valence-electron chi connectivity index (χ0n) is 14.1. The van der Waals surface area contributed by atoms with E-state index in [9.17, 15) is 14.3 Å². The van der Waals surface area contributed by atoms with E-state index in [2.05, 4.69) is 10.3 Å². The number of nitrogens with one attached hydrogen (secondary N) is 1. The number of hydrogen-bond donors (Lipinski definition) is 2. The quantitative estimate of drug-likeness (QED) is 0.619. The van der Waals surface area contributed by atoms with E-state index in [0.29, 0.717) is 29.2 Å². The summed E-state index contributed by atoms with van der Waals surface area (Å²) in [7, 11) is 0. The van der Waals surface area contributed by atoms with E-state index in [-0.39, 0.29) is 17.5 Å². The Morgan fingerprint density at radius 1 is 1.15 bits per heavy atom. The minimum atomic E-state index is -0.261. The molecule has 0 aliphatic carbocycles. The number of halogens is 1. The summed E-state index contributed by atoms with van der Waals surface area (Å²) in [6.45, 7) is 0.542. The number of carbonyl (C=O) groups is 1. The number of aryl methyl sites for hydroxylation is 1. The maximum Gasteiger partial charge on any atom is 0.270 e. The molecule has 0 saturated carbocycles. The van der Waals surface area contributed by atoms with Gasteiger partial charge in [0.05, 0.1) is 5.01 Å². The first-order chi connectivity index (χ1) is 12.6. The topological polar surface area (TPSA) is 62.2 Å². The average Bonchev–Trinajstić information content (AvgIpc) is 3.11. The van der Waals surface area contributed by atoms with Crippen molar-refractivity contribution in [1.29, 1.82) is 0 Å². The highest BCUT2D eigenvalue weighted by Crippen LogP contribution is 2.17. The first-order valence-electron chi connectivity index (χ1n) is 8.36. The Morgan fingerprint density at radius 3 is 2.69 bits per heavy atom. The summed E-state index contributed by atoms with van der Waals surface area (Å²) in [6, 6.07) is 13.6. The molecule has 1 aromatic heterocycles. The number of thiazole rings is 1. The Bertz CT molecular complexity index is 878. The fourth-order valence-corrected chi connectivity index (χ4v) is 3.35. The molecular weight excluding hydrogens is 351 g/mol. The van der Waals surface area contributed by atoms with Gasteiger partial charge in [-0.2, -0.15) is 0 Å². The lowest BCUT2D eigenvalue weighted by atomic mass is 10.1. The van der Waals surface area contributed by atoms with Crippen molar-refractivity contribution in [3.05, 3.63) is 81.6 Å². The van der Waals surface area contributed by atoms with Gasteiger partial charge in [-0.15, -0.1) is 11.3 Å². The fourth-order valence-electron chi connectivity index (χ4n) is 2.55. The number of nitrogens with zero attached hydrogens (tertiary/aromatic N) is 1. The third-order valence-corrected chi connectivity index (χ3v) is 4.80. The number of phenols is 1. The predicted molar refractivity (Wildman–Crippen MR) is 100 cm³/mol. The molecule has 0 radical (unpaired) electrons. The molecular formula is C20H19FN2O2S. The van der Waals surface area contributed by atoms with E-state index in [1.165, 1.54) is 17.4 Å². The van der Waals surface area contributed by atoms with Crippen molar-refractivity contribution in [2.24, 2.45) is 0 Å². The Kier molecular flexibility index (Phi) is 5.96. The molecule has 26 heavy (non-hydrogen) atoms. The molecule has 1 heterocycles. The second-order valence-corrected chi connectivity index (χ2v) is 6.86. The van der Waals surface area contributed by atoms with Gasteiger partial charge in [0.15, 0.2) is 0 Å². The Balaban J connectivity index is 1.47. The van der Waals surface area contributed by atoms with Gasteiger partial charge in [-0.05, 0) is 42.2 Å². The normalized spacial score (nSPS) is 10.7. The number of benzene rings is 2. The number of carbonyl (C=O) groups excluding carboxylic acids is 1. The van der Waals surface area contributed by atoms with Gasteiger partial charge in [0.1, 0.15) is 17.3 Å². The van der Waals surface area contributed by atoms with Gasteiger partial charge in [0, 0.05) is 18.3 Å². The number of phenolic OH excluding ortho intramolecular Hbond substituents is 1. The van der Waals surface area contributed by atoms with Crippen molar-refractivity contribution >= 4 is 17.2 Å². The van der Waals surface area contributed by atoms with Crippen LogP contribution in [0.1, 0.15) is 33.0 Å². The van der Waals surface area contributed by atoms with Crippen LogP contribution in [-0.4, -0.2) is 22.5 Å². The van der Waals surface area contributed by atoms with E-state index in [4.69, 9.17) is 0 Å². The molecule has 2 N–H and O–H groups in total. The van der Waals surface area contributed by atoms with Crippen molar-refractivity contribution in [1.82, 2.24) is 10.3 Å². The molecule has 0 atom stereocenters. The van der Waals surface area contributed by atoms with Gasteiger partial charge in [0.25, 0.3) is 5.91 Å². The zero-order chi connectivity index (χ0) is 18.4. The van der Waals surface area contributed by atoms with Crippen molar-refractivity contribution < 1.29 is 14.3 Å². The third kappa shape index (κ3) is 4.89. The Hall–Kier alpha value is -2.73. The van der Waals surface area contributed by atoms with Crippen LogP contribution in [0.25, 0.3) is 0 Å². The summed E-state index contributed by atoms with van der Waals surface area (Å²) in [5.74, 6) is -0.230. The Morgan fingerprint density at radius 2 is 1.92 bits per heavy atom. The van der Waals surface area contributed by atoms with E-state index in [0.717, 1.165) is 18.4 Å². The zero-order valence-corrected chi connectivity index (χ0v) is 14.9. The van der Waals surface area contributed by atoms with Gasteiger partial charge in [0.2, 0.25) is 0 Å². The van der Waals surface area contributed by atoms with Gasteiger partial charge in [-0.25, -0.2) is 9.37 Å². The Labute approximate surface area is 155 Å². The van der Waals surface area contributed by atoms with Crippen LogP contribution >= 0.6 is 11.3 Å². The number of aromatic nitrogens is 1. The summed E-state index contributed by atoms with van der Waals surface area (Å²) < 4.78 is 13.7. The molecule has 2 aromatic carbocycles. The molecule has 0 unspecified atom stereocenters. The first kappa shape index (κ1) is 18.1. The minimum absolute atomic E-state index is 0.216. The molecule has 0 fully saturated rings. The molecule has 0 saturated heterocycles. The van der Waals surface area contributed by atoms with E-state index >= 15 is 0 Å². The van der Waals surface area contributed by atoms with Gasteiger partial charge in [-0.1, -0.05) is 30.3 Å². The van der Waals surface area contributed by atoms with E-state index in [1.54, 1.807) is 35.7 Å². The highest BCUT2D eigenvalue weighted by molar-refractivity contribution is 7.09. The van der Waals surface area contributed by atoms with Gasteiger partial charge >= 0.3 is 0 Å². The molecule has 3 aromatic rings. The number of aromatic hydroxyl groups is 1. The van der Waals surface area contributed by atoms with Crippen LogP contribution in [0.15, 0.2) is 53.9 Å². The van der Waals surface area contributed by atoms with Crippen molar-refractivity contribution in [3.8, 4) is 5.75 Å². The van der Waals surface area contributed by atoms with Crippen LogP contribution in [0, 0.1) is 5.82 Å². The van der Waals surface area contributed by atoms with E-state index < -0.39 is 0 Å². The summed E-state index contributed by atoms with van der Waals surface area (Å²) in [4.78, 5) is 16.5. The fraction of sp³-hybridized carbons (Fsp3) is 0.200. The summed E-state index contributed by atoms with van der Waals surface area (Å²) in [5.41, 5.74) is 2.05. The van der Waals surface area contributed by atoms with Crippen molar-refractivity contribution in [2.75, 3.05) is 6.54 Å². The molecule has 3 rings (SSSR count). The number of amides is 1. The SMILES string of the molecule is O=C(NCCCc1ccc(O)cc1)c1csc(Cc2ccccc2F)n1. The molecule has 6 heteroatoms. The standard InChI is InChI=1S/C20H19FN2O2S/c21-17-6-2-1-5-15(17)12-19-23-18(13-26-19)20(25)22-11-3-4-14-7-9-16(24)10-8-14/h1-2,5-10,13,24H,3-4,11-12H2,(H,22,25). The van der Waals surface area contributed by atoms with E-state index in [1.807, 2.05) is 12.1 Å². The number of rotatable bonds is 7. The smallest absolute Gasteiger partial charge is 0.270 e. The van der Waals surface area contributed by atoms with Crippen LogP contribution in [0.4, 0.5) is 4.39 Å². The second kappa shape index (κ2) is 8.58. The van der Waals surface area contributed by atoms with Crippen molar-refractivity contribution in [3.63, 3.8) is 0 Å². The molecule has 0 bridgehead atoms. The summed E-state index contributed by atoms with van der Waals surface area (Å²) >= 11 is 1.36. The largest absolute Gasteiger partial charge is 0.508 e. The molecule has 0 spiro atoms. The molecule has 4 nitrogen and oxygen atoms in total. The maximum atomic E-state index is 13.7. The van der Waals surface area contributed by atoms with Crippen molar-refractivity contribution in [2.45, 2.75) is 19.3 Å². The van der Waals surface area contributed by atoms with Crippen LogP contribution in [0.2, 0.25) is 0 Å². The highest BCUT2D eigenvalue weighted by atomic mass is 32.1. The molecule has 1 amide bonds. The molecule has 134 valence electrons. The lowest BCUT2D eigenvalue weighted by molar-refractivity contribution is 0.0949. The van der Waals surface area contributed by atoms with Gasteiger partial charge in [-0.3, -0.25) is 4.79 Å². The van der Waals surface area contributed by atoms with Crippen LogP contribution in [0.5, 0.6) is 5.75 Å². The summed E-state index contributed by atoms with van der Waals surface area (Å²) in [6.07, 6.45) is 1.99. The number of hydrogen-bond acceptors (Lipinski definition) is 4. The average molecular weight is 370 g/mol. The molecule has 0 aliphatic heterocycles. The predicted octanol–water partition coefficient (Wildman–Crippen LogP) is 3.94. The third-order valence-electron chi connectivity index (χ3n) is 3.95. The minimum Gasteiger partial charge on any atom is -0.508 e. The van der Waals surface area contributed by atoms with Crippen LogP contribution < -0.4 is 5.32 Å².